The van der Waals surface area contributed by atoms with Gasteiger partial charge in [0.15, 0.2) is 0 Å². The van der Waals surface area contributed by atoms with Gasteiger partial charge in [0, 0.05) is 17.2 Å². The minimum absolute atomic E-state index is 0.00732. The van der Waals surface area contributed by atoms with E-state index in [1.165, 1.54) is 25.7 Å². The van der Waals surface area contributed by atoms with E-state index in [0.717, 1.165) is 35.5 Å². The van der Waals surface area contributed by atoms with E-state index in [1.54, 1.807) is 0 Å². The zero-order valence-corrected chi connectivity index (χ0v) is 17.0. The molecule has 4 heteroatoms. The molecular formula is C24H31NO3. The van der Waals surface area contributed by atoms with Crippen molar-refractivity contribution in [3.05, 3.63) is 59.2 Å². The fraction of sp³-hybridized carbons (Fsp3) is 0.458. The lowest BCUT2D eigenvalue weighted by atomic mass is 10.1. The molecule has 1 amide bonds. The largest absolute Gasteiger partial charge is 0.493 e. The van der Waals surface area contributed by atoms with Gasteiger partial charge in [-0.2, -0.15) is 0 Å². The molecule has 1 aliphatic rings. The third kappa shape index (κ3) is 5.51. The molecule has 1 aliphatic carbocycles. The van der Waals surface area contributed by atoms with Crippen LogP contribution in [0.1, 0.15) is 66.9 Å². The minimum Gasteiger partial charge on any atom is -0.493 e. The van der Waals surface area contributed by atoms with Crippen LogP contribution in [0.15, 0.2) is 42.5 Å². The van der Waals surface area contributed by atoms with Gasteiger partial charge in [0.1, 0.15) is 18.1 Å². The Morgan fingerprint density at radius 1 is 1.00 bits per heavy atom. The average Bonchev–Trinajstić information content (AvgIpc) is 2.97. The number of amides is 1. The van der Waals surface area contributed by atoms with Crippen LogP contribution < -0.4 is 14.8 Å². The molecule has 1 fully saturated rings. The van der Waals surface area contributed by atoms with Crippen LogP contribution in [-0.2, 0) is 6.61 Å². The Balaban J connectivity index is 1.72. The van der Waals surface area contributed by atoms with Crippen LogP contribution in [0.3, 0.4) is 0 Å². The Morgan fingerprint density at radius 3 is 2.46 bits per heavy atom. The second-order valence-electron chi connectivity index (χ2n) is 7.47. The van der Waals surface area contributed by atoms with Crippen molar-refractivity contribution in [1.29, 1.82) is 0 Å². The van der Waals surface area contributed by atoms with E-state index in [9.17, 15) is 4.79 Å². The smallest absolute Gasteiger partial charge is 0.251 e. The normalized spacial score (nSPS) is 14.9. The van der Waals surface area contributed by atoms with E-state index >= 15 is 0 Å². The van der Waals surface area contributed by atoms with Crippen molar-refractivity contribution in [3.63, 3.8) is 0 Å². The number of rotatable bonds is 7. The SMILES string of the molecule is CCOc1ccc(C(=O)NC2CCCCCC2)cc1COc1ccccc1C. The Labute approximate surface area is 168 Å². The quantitative estimate of drug-likeness (QED) is 0.651. The molecule has 2 aromatic carbocycles. The minimum atomic E-state index is -0.00732. The molecule has 0 saturated heterocycles. The van der Waals surface area contributed by atoms with E-state index in [-0.39, 0.29) is 11.9 Å². The number of para-hydroxylation sites is 1. The average molecular weight is 382 g/mol. The molecule has 3 rings (SSSR count). The third-order valence-electron chi connectivity index (χ3n) is 5.29. The summed E-state index contributed by atoms with van der Waals surface area (Å²) >= 11 is 0. The van der Waals surface area contributed by atoms with Gasteiger partial charge in [0.05, 0.1) is 6.61 Å². The summed E-state index contributed by atoms with van der Waals surface area (Å²) in [4.78, 5) is 12.8. The number of benzene rings is 2. The van der Waals surface area contributed by atoms with Crippen molar-refractivity contribution in [3.8, 4) is 11.5 Å². The summed E-state index contributed by atoms with van der Waals surface area (Å²) in [5.74, 6) is 1.60. The van der Waals surface area contributed by atoms with Crippen LogP contribution in [0, 0.1) is 6.92 Å². The van der Waals surface area contributed by atoms with Gasteiger partial charge in [-0.15, -0.1) is 0 Å². The molecule has 4 nitrogen and oxygen atoms in total. The number of carbonyl (C=O) groups is 1. The van der Waals surface area contributed by atoms with Gasteiger partial charge >= 0.3 is 0 Å². The van der Waals surface area contributed by atoms with Crippen molar-refractivity contribution in [2.75, 3.05) is 6.61 Å². The molecule has 150 valence electrons. The first kappa shape index (κ1) is 20.2. The maximum absolute atomic E-state index is 12.8. The van der Waals surface area contributed by atoms with Crippen molar-refractivity contribution in [2.24, 2.45) is 0 Å². The molecule has 0 atom stereocenters. The fourth-order valence-corrected chi connectivity index (χ4v) is 3.70. The van der Waals surface area contributed by atoms with Gasteiger partial charge in [-0.1, -0.05) is 43.9 Å². The van der Waals surface area contributed by atoms with E-state index < -0.39 is 0 Å². The number of nitrogens with one attached hydrogen (secondary N) is 1. The van der Waals surface area contributed by atoms with Gasteiger partial charge in [0.25, 0.3) is 5.91 Å². The van der Waals surface area contributed by atoms with Crippen molar-refractivity contribution in [1.82, 2.24) is 5.32 Å². The molecule has 2 aromatic rings. The maximum atomic E-state index is 12.8. The van der Waals surface area contributed by atoms with Gasteiger partial charge in [-0.25, -0.2) is 0 Å². The highest BCUT2D eigenvalue weighted by molar-refractivity contribution is 5.94. The summed E-state index contributed by atoms with van der Waals surface area (Å²) in [5, 5.41) is 3.22. The second kappa shape index (κ2) is 10.2. The monoisotopic (exact) mass is 381 g/mol. The molecule has 0 spiro atoms. The van der Waals surface area contributed by atoms with Crippen molar-refractivity contribution < 1.29 is 14.3 Å². The molecule has 1 saturated carbocycles. The summed E-state index contributed by atoms with van der Waals surface area (Å²) in [5.41, 5.74) is 2.64. The predicted octanol–water partition coefficient (Wildman–Crippen LogP) is 5.43. The Hall–Kier alpha value is -2.49. The first-order valence-electron chi connectivity index (χ1n) is 10.4. The molecule has 0 heterocycles. The molecule has 0 unspecified atom stereocenters. The third-order valence-corrected chi connectivity index (χ3v) is 5.29. The summed E-state index contributed by atoms with van der Waals surface area (Å²) in [6.07, 6.45) is 7.09. The van der Waals surface area contributed by atoms with Gasteiger partial charge in [-0.3, -0.25) is 4.79 Å². The lowest BCUT2D eigenvalue weighted by Crippen LogP contribution is -2.34. The van der Waals surface area contributed by atoms with Crippen LogP contribution in [0.4, 0.5) is 0 Å². The lowest BCUT2D eigenvalue weighted by molar-refractivity contribution is 0.0933. The number of carbonyl (C=O) groups excluding carboxylic acids is 1. The Bertz CT molecular complexity index is 779. The number of aryl methyl sites for hydroxylation is 1. The van der Waals surface area contributed by atoms with Crippen LogP contribution in [0.2, 0.25) is 0 Å². The number of ether oxygens (including phenoxy) is 2. The first-order chi connectivity index (χ1) is 13.7. The molecule has 1 N–H and O–H groups in total. The summed E-state index contributed by atoms with van der Waals surface area (Å²) in [6.45, 7) is 4.92. The maximum Gasteiger partial charge on any atom is 0.251 e. The summed E-state index contributed by atoms with van der Waals surface area (Å²) in [7, 11) is 0. The molecular weight excluding hydrogens is 350 g/mol. The van der Waals surface area contributed by atoms with Gasteiger partial charge < -0.3 is 14.8 Å². The highest BCUT2D eigenvalue weighted by Crippen LogP contribution is 2.25. The summed E-state index contributed by atoms with van der Waals surface area (Å²) < 4.78 is 11.7. The van der Waals surface area contributed by atoms with Gasteiger partial charge in [0.2, 0.25) is 0 Å². The topological polar surface area (TPSA) is 47.6 Å². The molecule has 28 heavy (non-hydrogen) atoms. The van der Waals surface area contributed by atoms with Crippen LogP contribution >= 0.6 is 0 Å². The van der Waals surface area contributed by atoms with Crippen molar-refractivity contribution in [2.45, 2.75) is 65.0 Å². The predicted molar refractivity (Wildman–Crippen MR) is 112 cm³/mol. The lowest BCUT2D eigenvalue weighted by Gasteiger charge is -2.18. The second-order valence-corrected chi connectivity index (χ2v) is 7.47. The van der Waals surface area contributed by atoms with Crippen LogP contribution in [-0.4, -0.2) is 18.6 Å². The van der Waals surface area contributed by atoms with Gasteiger partial charge in [-0.05, 0) is 56.5 Å². The molecule has 0 aromatic heterocycles. The van der Waals surface area contributed by atoms with E-state index in [2.05, 4.69) is 5.32 Å². The highest BCUT2D eigenvalue weighted by Gasteiger charge is 2.17. The Kier molecular flexibility index (Phi) is 7.35. The standard InChI is InChI=1S/C24H31NO3/c1-3-27-23-15-14-19(24(26)25-21-11-6-4-5-7-12-21)16-20(23)17-28-22-13-9-8-10-18(22)2/h8-10,13-16,21H,3-7,11-12,17H2,1-2H3,(H,25,26). The number of hydrogen-bond donors (Lipinski definition) is 1. The highest BCUT2D eigenvalue weighted by atomic mass is 16.5. The number of hydrogen-bond acceptors (Lipinski definition) is 3. The van der Waals surface area contributed by atoms with E-state index in [1.807, 2.05) is 56.3 Å². The molecule has 0 aliphatic heterocycles. The summed E-state index contributed by atoms with van der Waals surface area (Å²) in [6, 6.07) is 13.8. The van der Waals surface area contributed by atoms with Crippen LogP contribution in [0.5, 0.6) is 11.5 Å². The molecule has 0 bridgehead atoms. The van der Waals surface area contributed by atoms with Crippen LogP contribution in [0.25, 0.3) is 0 Å². The van der Waals surface area contributed by atoms with E-state index in [0.29, 0.717) is 18.8 Å². The first-order valence-corrected chi connectivity index (χ1v) is 10.4. The fourth-order valence-electron chi connectivity index (χ4n) is 3.70. The Morgan fingerprint density at radius 2 is 1.75 bits per heavy atom. The zero-order valence-electron chi connectivity index (χ0n) is 17.0. The van der Waals surface area contributed by atoms with E-state index in [4.69, 9.17) is 9.47 Å². The zero-order chi connectivity index (χ0) is 19.8. The van der Waals surface area contributed by atoms with Crippen molar-refractivity contribution >= 4 is 5.91 Å². The molecule has 0 radical (unpaired) electrons.